The molecular formula is C27H38N2O3. The lowest BCUT2D eigenvalue weighted by Gasteiger charge is -2.31. The second kappa shape index (κ2) is 8.92. The van der Waals surface area contributed by atoms with Gasteiger partial charge in [0, 0.05) is 29.7 Å². The van der Waals surface area contributed by atoms with Crippen LogP contribution in [-0.2, 0) is 9.53 Å². The highest BCUT2D eigenvalue weighted by molar-refractivity contribution is 5.98. The molecule has 0 bridgehead atoms. The number of aryl methyl sites for hydroxylation is 1. The lowest BCUT2D eigenvalue weighted by molar-refractivity contribution is -0.128. The third kappa shape index (κ3) is 4.44. The molecule has 0 N–H and O–H groups in total. The standard InChI is InChI=1S/C27H38N2O3/c1-6-23(19-10-8-7-9-11-19)29-17-18(2)21-13-12-20(16-24(21)29)22-14-15-28(25(22)30)26(31)32-27(3,4)5/h12-13,16-17,19,22-23H,6-11,14-15H2,1-5H3. The topological polar surface area (TPSA) is 51.5 Å². The molecule has 4 rings (SSSR count). The summed E-state index contributed by atoms with van der Waals surface area (Å²) in [5, 5.41) is 1.26. The van der Waals surface area contributed by atoms with Gasteiger partial charge < -0.3 is 9.30 Å². The molecule has 2 atom stereocenters. The Morgan fingerprint density at radius 2 is 1.88 bits per heavy atom. The monoisotopic (exact) mass is 438 g/mol. The van der Waals surface area contributed by atoms with Crippen LogP contribution < -0.4 is 0 Å². The zero-order chi connectivity index (χ0) is 23.0. The van der Waals surface area contributed by atoms with Gasteiger partial charge in [0.1, 0.15) is 5.60 Å². The number of amides is 2. The minimum atomic E-state index is -0.610. The molecule has 2 amide bonds. The summed E-state index contributed by atoms with van der Waals surface area (Å²) in [5.41, 5.74) is 2.90. The molecule has 174 valence electrons. The number of carbonyl (C=O) groups excluding carboxylic acids is 2. The number of ether oxygens (including phenoxy) is 1. The molecule has 0 radical (unpaired) electrons. The van der Waals surface area contributed by atoms with Gasteiger partial charge in [-0.1, -0.05) is 38.3 Å². The van der Waals surface area contributed by atoms with Crippen molar-refractivity contribution >= 4 is 22.9 Å². The van der Waals surface area contributed by atoms with Crippen molar-refractivity contribution in [2.24, 2.45) is 5.92 Å². The van der Waals surface area contributed by atoms with Gasteiger partial charge in [-0.2, -0.15) is 0 Å². The average Bonchev–Trinajstić information content (AvgIpc) is 3.28. The molecule has 1 aromatic carbocycles. The number of aromatic nitrogens is 1. The molecule has 2 heterocycles. The summed E-state index contributed by atoms with van der Waals surface area (Å²) < 4.78 is 7.93. The third-order valence-electron chi connectivity index (χ3n) is 7.25. The molecule has 5 heteroatoms. The zero-order valence-electron chi connectivity index (χ0n) is 20.3. The van der Waals surface area contributed by atoms with Gasteiger partial charge in [-0.25, -0.2) is 9.69 Å². The summed E-state index contributed by atoms with van der Waals surface area (Å²) in [7, 11) is 0. The van der Waals surface area contributed by atoms with E-state index in [1.54, 1.807) is 0 Å². The van der Waals surface area contributed by atoms with E-state index in [4.69, 9.17) is 4.74 Å². The van der Waals surface area contributed by atoms with E-state index in [1.807, 2.05) is 20.8 Å². The summed E-state index contributed by atoms with van der Waals surface area (Å²) in [5.74, 6) is 0.293. The molecule has 1 saturated carbocycles. The van der Waals surface area contributed by atoms with Crippen molar-refractivity contribution < 1.29 is 14.3 Å². The van der Waals surface area contributed by atoms with E-state index < -0.39 is 11.7 Å². The largest absolute Gasteiger partial charge is 0.443 e. The number of nitrogens with zero attached hydrogens (tertiary/aromatic N) is 2. The summed E-state index contributed by atoms with van der Waals surface area (Å²) >= 11 is 0. The predicted octanol–water partition coefficient (Wildman–Crippen LogP) is 6.73. The smallest absolute Gasteiger partial charge is 0.417 e. The number of benzene rings is 1. The van der Waals surface area contributed by atoms with Crippen LogP contribution in [0.2, 0.25) is 0 Å². The minimum absolute atomic E-state index is 0.146. The van der Waals surface area contributed by atoms with Crippen LogP contribution in [0.15, 0.2) is 24.4 Å². The fourth-order valence-corrected chi connectivity index (χ4v) is 5.70. The number of carbonyl (C=O) groups is 2. The molecule has 32 heavy (non-hydrogen) atoms. The Morgan fingerprint density at radius 1 is 1.16 bits per heavy atom. The van der Waals surface area contributed by atoms with Crippen LogP contribution in [0.4, 0.5) is 4.79 Å². The van der Waals surface area contributed by atoms with E-state index in [0.29, 0.717) is 19.0 Å². The highest BCUT2D eigenvalue weighted by Crippen LogP contribution is 2.39. The molecule has 0 spiro atoms. The van der Waals surface area contributed by atoms with Crippen LogP contribution >= 0.6 is 0 Å². The van der Waals surface area contributed by atoms with E-state index in [9.17, 15) is 9.59 Å². The van der Waals surface area contributed by atoms with Crippen molar-refractivity contribution in [1.82, 2.24) is 9.47 Å². The van der Waals surface area contributed by atoms with E-state index in [0.717, 1.165) is 17.9 Å². The average molecular weight is 439 g/mol. The first-order valence-electron chi connectivity index (χ1n) is 12.3. The van der Waals surface area contributed by atoms with Gasteiger partial charge in [0.05, 0.1) is 5.92 Å². The molecule has 1 aliphatic heterocycles. The van der Waals surface area contributed by atoms with Crippen LogP contribution in [0.25, 0.3) is 10.9 Å². The normalized spacial score (nSPS) is 21.3. The van der Waals surface area contributed by atoms with E-state index in [1.165, 1.54) is 53.5 Å². The Hall–Kier alpha value is -2.30. The summed E-state index contributed by atoms with van der Waals surface area (Å²) in [6.45, 7) is 10.4. The lowest BCUT2D eigenvalue weighted by Crippen LogP contribution is -2.38. The van der Waals surface area contributed by atoms with E-state index in [2.05, 4.69) is 42.8 Å². The van der Waals surface area contributed by atoms with Gasteiger partial charge in [-0.3, -0.25) is 4.79 Å². The maximum absolute atomic E-state index is 13.1. The van der Waals surface area contributed by atoms with Crippen molar-refractivity contribution in [2.45, 2.75) is 97.1 Å². The lowest BCUT2D eigenvalue weighted by atomic mass is 9.82. The van der Waals surface area contributed by atoms with Crippen LogP contribution in [0.5, 0.6) is 0 Å². The zero-order valence-corrected chi connectivity index (χ0v) is 20.3. The number of likely N-dealkylation sites (tertiary alicyclic amines) is 1. The quantitative estimate of drug-likeness (QED) is 0.532. The second-order valence-electron chi connectivity index (χ2n) is 10.7. The minimum Gasteiger partial charge on any atom is -0.443 e. The molecular weight excluding hydrogens is 400 g/mol. The maximum atomic E-state index is 13.1. The Bertz CT molecular complexity index is 994. The third-order valence-corrected chi connectivity index (χ3v) is 7.25. The molecule has 1 saturated heterocycles. The Balaban J connectivity index is 1.63. The number of imide groups is 1. The molecule has 1 aliphatic carbocycles. The first kappa shape index (κ1) is 22.9. The SMILES string of the molecule is CCC(C1CCCCC1)n1cc(C)c2ccc(C3CCN(C(=O)OC(C)(C)C)C3=O)cc21. The van der Waals surface area contributed by atoms with Crippen LogP contribution in [0.3, 0.4) is 0 Å². The highest BCUT2D eigenvalue weighted by Gasteiger charge is 2.39. The molecule has 2 unspecified atom stereocenters. The first-order valence-corrected chi connectivity index (χ1v) is 12.3. The fraction of sp³-hybridized carbons (Fsp3) is 0.630. The number of hydrogen-bond donors (Lipinski definition) is 0. The molecule has 2 fully saturated rings. The summed E-state index contributed by atoms with van der Waals surface area (Å²) in [6, 6.07) is 6.93. The van der Waals surface area contributed by atoms with E-state index in [-0.39, 0.29) is 11.8 Å². The van der Waals surface area contributed by atoms with Crippen LogP contribution in [0.1, 0.15) is 95.7 Å². The van der Waals surface area contributed by atoms with Crippen molar-refractivity contribution in [1.29, 1.82) is 0 Å². The van der Waals surface area contributed by atoms with Gasteiger partial charge >= 0.3 is 6.09 Å². The van der Waals surface area contributed by atoms with Gasteiger partial charge in [0.2, 0.25) is 5.91 Å². The Labute approximate surface area is 192 Å². The maximum Gasteiger partial charge on any atom is 0.417 e. The molecule has 1 aromatic heterocycles. The Kier molecular flexibility index (Phi) is 6.37. The summed E-state index contributed by atoms with van der Waals surface area (Å²) in [6.07, 6.45) is 10.2. The van der Waals surface area contributed by atoms with Crippen molar-refractivity contribution in [2.75, 3.05) is 6.54 Å². The molecule has 2 aliphatic rings. The van der Waals surface area contributed by atoms with Crippen molar-refractivity contribution in [3.05, 3.63) is 35.5 Å². The van der Waals surface area contributed by atoms with Crippen molar-refractivity contribution in [3.63, 3.8) is 0 Å². The highest BCUT2D eigenvalue weighted by atomic mass is 16.6. The fourth-order valence-electron chi connectivity index (χ4n) is 5.70. The van der Waals surface area contributed by atoms with Crippen LogP contribution in [-0.4, -0.2) is 33.6 Å². The summed E-state index contributed by atoms with van der Waals surface area (Å²) in [4.78, 5) is 26.9. The molecule has 2 aromatic rings. The first-order chi connectivity index (χ1) is 15.2. The van der Waals surface area contributed by atoms with Gasteiger partial charge in [-0.15, -0.1) is 0 Å². The van der Waals surface area contributed by atoms with Gasteiger partial charge in [0.25, 0.3) is 0 Å². The number of hydrogen-bond acceptors (Lipinski definition) is 3. The number of rotatable bonds is 4. The number of fused-ring (bicyclic) bond motifs is 1. The second-order valence-corrected chi connectivity index (χ2v) is 10.7. The van der Waals surface area contributed by atoms with Crippen molar-refractivity contribution in [3.8, 4) is 0 Å². The van der Waals surface area contributed by atoms with E-state index >= 15 is 0 Å². The molecule has 5 nitrogen and oxygen atoms in total. The van der Waals surface area contributed by atoms with Gasteiger partial charge in [0.15, 0.2) is 0 Å². The van der Waals surface area contributed by atoms with Crippen LogP contribution in [0, 0.1) is 12.8 Å². The Morgan fingerprint density at radius 3 is 2.53 bits per heavy atom. The van der Waals surface area contributed by atoms with Gasteiger partial charge in [-0.05, 0) is 76.5 Å². The predicted molar refractivity (Wildman–Crippen MR) is 128 cm³/mol.